The van der Waals surface area contributed by atoms with Crippen LogP contribution in [0.1, 0.15) is 278 Å². The Morgan fingerprint density at radius 1 is 0.304 bits per heavy atom. The number of carbonyl (C=O) groups is 3. The first-order chi connectivity index (χ1) is 34.0. The van der Waals surface area contributed by atoms with Gasteiger partial charge in [0.05, 0.1) is 0 Å². The van der Waals surface area contributed by atoms with Crippen LogP contribution in [0.2, 0.25) is 0 Å². The van der Waals surface area contributed by atoms with Crippen molar-refractivity contribution in [1.29, 1.82) is 0 Å². The highest BCUT2D eigenvalue weighted by atomic mass is 16.6. The van der Waals surface area contributed by atoms with Crippen molar-refractivity contribution in [1.82, 2.24) is 0 Å². The number of rotatable bonds is 52. The van der Waals surface area contributed by atoms with Gasteiger partial charge in [-0.25, -0.2) is 0 Å². The maximum atomic E-state index is 12.8. The number of hydrogen-bond donors (Lipinski definition) is 0. The summed E-state index contributed by atoms with van der Waals surface area (Å²) < 4.78 is 16.8. The third-order valence-electron chi connectivity index (χ3n) is 12.4. The van der Waals surface area contributed by atoms with Gasteiger partial charge in [-0.15, -0.1) is 0 Å². The van der Waals surface area contributed by atoms with Crippen LogP contribution in [0, 0.1) is 0 Å². The molecule has 0 aromatic carbocycles. The van der Waals surface area contributed by atoms with E-state index in [1.54, 1.807) is 0 Å². The van der Waals surface area contributed by atoms with E-state index in [-0.39, 0.29) is 37.5 Å². The van der Waals surface area contributed by atoms with E-state index in [0.717, 1.165) is 89.9 Å². The van der Waals surface area contributed by atoms with Crippen molar-refractivity contribution < 1.29 is 28.6 Å². The topological polar surface area (TPSA) is 78.9 Å². The van der Waals surface area contributed by atoms with Gasteiger partial charge in [0, 0.05) is 19.3 Å². The molecule has 0 radical (unpaired) electrons. The van der Waals surface area contributed by atoms with E-state index in [4.69, 9.17) is 14.2 Å². The zero-order valence-electron chi connectivity index (χ0n) is 45.3. The van der Waals surface area contributed by atoms with Crippen LogP contribution in [-0.2, 0) is 28.6 Å². The third kappa shape index (κ3) is 55.4. The van der Waals surface area contributed by atoms with E-state index in [1.807, 2.05) is 0 Å². The Kier molecular flexibility index (Phi) is 54.3. The predicted octanol–water partition coefficient (Wildman–Crippen LogP) is 19.5. The van der Waals surface area contributed by atoms with E-state index < -0.39 is 6.10 Å². The molecule has 0 aliphatic rings. The molecular weight excluding hydrogens is 853 g/mol. The van der Waals surface area contributed by atoms with Crippen molar-refractivity contribution >= 4 is 17.9 Å². The minimum Gasteiger partial charge on any atom is -0.462 e. The Morgan fingerprint density at radius 2 is 0.580 bits per heavy atom. The molecule has 6 nitrogen and oxygen atoms in total. The van der Waals surface area contributed by atoms with Crippen LogP contribution in [0.4, 0.5) is 0 Å². The first-order valence-electron chi connectivity index (χ1n) is 29.1. The summed E-state index contributed by atoms with van der Waals surface area (Å²) in [7, 11) is 0. The van der Waals surface area contributed by atoms with Crippen LogP contribution in [0.15, 0.2) is 85.1 Å². The lowest BCUT2D eigenvalue weighted by atomic mass is 10.0. The lowest BCUT2D eigenvalue weighted by Gasteiger charge is -2.18. The van der Waals surface area contributed by atoms with E-state index >= 15 is 0 Å². The maximum Gasteiger partial charge on any atom is 0.306 e. The van der Waals surface area contributed by atoms with E-state index in [2.05, 4.69) is 106 Å². The lowest BCUT2D eigenvalue weighted by molar-refractivity contribution is -0.167. The normalized spacial score (nSPS) is 12.7. The van der Waals surface area contributed by atoms with Crippen molar-refractivity contribution in [2.75, 3.05) is 13.2 Å². The molecule has 0 aromatic heterocycles. The highest BCUT2D eigenvalue weighted by Crippen LogP contribution is 2.15. The van der Waals surface area contributed by atoms with Gasteiger partial charge in [-0.1, -0.05) is 234 Å². The largest absolute Gasteiger partial charge is 0.462 e. The van der Waals surface area contributed by atoms with E-state index in [1.165, 1.54) is 141 Å². The Hall–Kier alpha value is -3.41. The molecule has 0 aliphatic carbocycles. The molecule has 0 amide bonds. The molecule has 0 saturated heterocycles. The smallest absolute Gasteiger partial charge is 0.306 e. The van der Waals surface area contributed by atoms with Crippen molar-refractivity contribution in [2.24, 2.45) is 0 Å². The molecule has 0 rings (SSSR count). The van der Waals surface area contributed by atoms with Crippen molar-refractivity contribution in [2.45, 2.75) is 284 Å². The molecule has 0 saturated carbocycles. The van der Waals surface area contributed by atoms with Crippen LogP contribution < -0.4 is 0 Å². The quantitative estimate of drug-likeness (QED) is 0.0262. The standard InChI is InChI=1S/C63H108O6/c1-4-7-10-13-16-19-22-25-27-29-30-31-32-34-35-38-41-44-47-50-53-56-62(65)68-59-60(58-67-61(64)55-52-49-46-43-40-37-24-21-18-15-12-9-6-3)69-63(66)57-54-51-48-45-42-39-36-33-28-26-23-20-17-14-11-8-5-2/h8,11,17,20-21,24-28,36,39,45,48,60H,4-7,9-10,12-16,18-19,22-23,29-35,37-38,40-44,46-47,49-59H2,1-3H3/b11-8-,20-17-,24-21-,27-25-,28-26-,39-36-,48-45-/t60-/m0/s1. The first-order valence-corrected chi connectivity index (χ1v) is 29.1. The van der Waals surface area contributed by atoms with Gasteiger partial charge >= 0.3 is 17.9 Å². The van der Waals surface area contributed by atoms with Gasteiger partial charge in [0.1, 0.15) is 13.2 Å². The number of carbonyl (C=O) groups excluding carboxylic acids is 3. The van der Waals surface area contributed by atoms with Gasteiger partial charge in [0.2, 0.25) is 0 Å². The SMILES string of the molecule is CC/C=C\C/C=C\C/C=C\C/C=C\C/C=C\CCCC(=O)O[C@@H](COC(=O)CCCCCCC/C=C\CCCCCC)COC(=O)CCCCCCCCCCCCC/C=C\CCCCCCCC. The average Bonchev–Trinajstić information content (AvgIpc) is 3.35. The molecule has 0 heterocycles. The van der Waals surface area contributed by atoms with E-state index in [0.29, 0.717) is 19.3 Å². The molecule has 0 fully saturated rings. The Balaban J connectivity index is 4.42. The summed E-state index contributed by atoms with van der Waals surface area (Å²) >= 11 is 0. The van der Waals surface area contributed by atoms with Crippen LogP contribution >= 0.6 is 0 Å². The molecule has 0 spiro atoms. The molecule has 6 heteroatoms. The zero-order chi connectivity index (χ0) is 50.0. The highest BCUT2D eigenvalue weighted by Gasteiger charge is 2.19. The van der Waals surface area contributed by atoms with Gasteiger partial charge in [-0.3, -0.25) is 14.4 Å². The van der Waals surface area contributed by atoms with Gasteiger partial charge in [-0.05, 0) is 109 Å². The molecule has 396 valence electrons. The summed E-state index contributed by atoms with van der Waals surface area (Å²) in [6, 6.07) is 0. The second kappa shape index (κ2) is 57.2. The monoisotopic (exact) mass is 961 g/mol. The summed E-state index contributed by atoms with van der Waals surface area (Å²) in [6.07, 6.45) is 74.4. The number of ether oxygens (including phenoxy) is 3. The van der Waals surface area contributed by atoms with Crippen LogP contribution in [-0.4, -0.2) is 37.2 Å². The van der Waals surface area contributed by atoms with Gasteiger partial charge in [0.15, 0.2) is 6.10 Å². The molecule has 69 heavy (non-hydrogen) atoms. The molecule has 1 atom stereocenters. The second-order valence-corrected chi connectivity index (χ2v) is 19.2. The minimum absolute atomic E-state index is 0.101. The number of hydrogen-bond acceptors (Lipinski definition) is 6. The fourth-order valence-electron chi connectivity index (χ4n) is 8.00. The van der Waals surface area contributed by atoms with Crippen molar-refractivity contribution in [3.8, 4) is 0 Å². The second-order valence-electron chi connectivity index (χ2n) is 19.2. The van der Waals surface area contributed by atoms with Crippen LogP contribution in [0.3, 0.4) is 0 Å². The number of allylic oxidation sites excluding steroid dienone is 14. The van der Waals surface area contributed by atoms with Gasteiger partial charge in [-0.2, -0.15) is 0 Å². The minimum atomic E-state index is -0.810. The molecule has 0 bridgehead atoms. The fraction of sp³-hybridized carbons (Fsp3) is 0.730. The lowest BCUT2D eigenvalue weighted by Crippen LogP contribution is -2.30. The van der Waals surface area contributed by atoms with Crippen LogP contribution in [0.5, 0.6) is 0 Å². The van der Waals surface area contributed by atoms with Crippen LogP contribution in [0.25, 0.3) is 0 Å². The number of unbranched alkanes of at least 4 members (excludes halogenated alkanes) is 27. The fourth-order valence-corrected chi connectivity index (χ4v) is 8.00. The molecule has 0 aromatic rings. The summed E-state index contributed by atoms with van der Waals surface area (Å²) in [5.41, 5.74) is 0. The number of esters is 3. The summed E-state index contributed by atoms with van der Waals surface area (Å²) in [5.74, 6) is -0.965. The molecule has 0 aliphatic heterocycles. The highest BCUT2D eigenvalue weighted by molar-refractivity contribution is 5.71. The molecular formula is C63H108O6. The average molecular weight is 962 g/mol. The zero-order valence-corrected chi connectivity index (χ0v) is 45.3. The third-order valence-corrected chi connectivity index (χ3v) is 12.4. The Labute approximate surface area is 426 Å². The Morgan fingerprint density at radius 3 is 0.957 bits per heavy atom. The molecule has 0 N–H and O–H groups in total. The summed E-state index contributed by atoms with van der Waals surface area (Å²) in [6.45, 7) is 6.47. The molecule has 0 unspecified atom stereocenters. The van der Waals surface area contributed by atoms with E-state index in [9.17, 15) is 14.4 Å². The van der Waals surface area contributed by atoms with Gasteiger partial charge in [0.25, 0.3) is 0 Å². The maximum absolute atomic E-state index is 12.8. The first kappa shape index (κ1) is 65.6. The summed E-state index contributed by atoms with van der Waals surface area (Å²) in [5, 5.41) is 0. The van der Waals surface area contributed by atoms with Crippen molar-refractivity contribution in [3.63, 3.8) is 0 Å². The predicted molar refractivity (Wildman–Crippen MR) is 297 cm³/mol. The Bertz CT molecular complexity index is 1330. The van der Waals surface area contributed by atoms with Crippen molar-refractivity contribution in [3.05, 3.63) is 85.1 Å². The van der Waals surface area contributed by atoms with Gasteiger partial charge < -0.3 is 14.2 Å². The summed E-state index contributed by atoms with van der Waals surface area (Å²) in [4.78, 5) is 38.1.